The van der Waals surface area contributed by atoms with Gasteiger partial charge in [-0.1, -0.05) is 0 Å². The fourth-order valence-electron chi connectivity index (χ4n) is 2.25. The fraction of sp³-hybridized carbons (Fsp3) is 0.286. The zero-order valence-corrected chi connectivity index (χ0v) is 14.4. The molecule has 3 aromatic heterocycles. The summed E-state index contributed by atoms with van der Waals surface area (Å²) in [5.74, 6) is 0.208. The van der Waals surface area contributed by atoms with Crippen molar-refractivity contribution in [1.29, 1.82) is 0 Å². The molecule has 124 valence electrons. The number of anilines is 2. The first-order valence-electron chi connectivity index (χ1n) is 7.11. The van der Waals surface area contributed by atoms with Gasteiger partial charge >= 0.3 is 5.69 Å². The van der Waals surface area contributed by atoms with Gasteiger partial charge in [-0.3, -0.25) is 10.1 Å². The van der Waals surface area contributed by atoms with Crippen LogP contribution in [0, 0.1) is 37.8 Å². The van der Waals surface area contributed by atoms with E-state index < -0.39 is 4.92 Å². The number of nitro groups is 1. The van der Waals surface area contributed by atoms with Crippen LogP contribution in [0.2, 0.25) is 0 Å². The van der Waals surface area contributed by atoms with Crippen LogP contribution in [0.15, 0.2) is 12.4 Å². The number of aromatic nitrogens is 5. The number of aryl methyl sites for hydroxylation is 4. The molecule has 3 rings (SSSR count). The average molecular weight is 345 g/mol. The Balaban J connectivity index is 2.12. The normalized spacial score (nSPS) is 10.8. The Morgan fingerprint density at radius 2 is 2.00 bits per heavy atom. The second kappa shape index (κ2) is 5.96. The molecule has 9 nitrogen and oxygen atoms in total. The highest BCUT2D eigenvalue weighted by atomic mass is 32.1. The van der Waals surface area contributed by atoms with Crippen molar-refractivity contribution in [3.8, 4) is 5.82 Å². The third-order valence-electron chi connectivity index (χ3n) is 3.45. The molecule has 0 aliphatic rings. The second-order valence-electron chi connectivity index (χ2n) is 5.28. The molecule has 10 heteroatoms. The van der Waals surface area contributed by atoms with E-state index in [1.165, 1.54) is 22.3 Å². The minimum absolute atomic E-state index is 0.0892. The van der Waals surface area contributed by atoms with Gasteiger partial charge in [0.2, 0.25) is 11.6 Å². The predicted molar refractivity (Wildman–Crippen MR) is 90.2 cm³/mol. The Bertz CT molecular complexity index is 912. The fourth-order valence-corrected chi connectivity index (χ4v) is 3.07. The Kier molecular flexibility index (Phi) is 3.97. The molecule has 0 fully saturated rings. The first-order chi connectivity index (χ1) is 11.4. The monoisotopic (exact) mass is 345 g/mol. The number of thiazole rings is 1. The van der Waals surface area contributed by atoms with E-state index >= 15 is 0 Å². The summed E-state index contributed by atoms with van der Waals surface area (Å²) in [6.45, 7) is 7.45. The SMILES string of the molecule is Cc1cc(C)n(-c2ncnc(Nc3nc(C)c(C)s3)c2[N+](=O)[O-])n1. The molecule has 0 radical (unpaired) electrons. The van der Waals surface area contributed by atoms with E-state index in [1.54, 1.807) is 0 Å². The minimum Gasteiger partial charge on any atom is -0.310 e. The van der Waals surface area contributed by atoms with Crippen molar-refractivity contribution in [3.05, 3.63) is 44.5 Å². The number of nitrogens with one attached hydrogen (secondary N) is 1. The third-order valence-corrected chi connectivity index (χ3v) is 4.44. The van der Waals surface area contributed by atoms with Crippen molar-refractivity contribution in [1.82, 2.24) is 24.7 Å². The van der Waals surface area contributed by atoms with Crippen LogP contribution in [-0.4, -0.2) is 29.7 Å². The van der Waals surface area contributed by atoms with Gasteiger partial charge in [0.1, 0.15) is 6.33 Å². The topological polar surface area (TPSA) is 112 Å². The first kappa shape index (κ1) is 16.0. The van der Waals surface area contributed by atoms with Gasteiger partial charge in [-0.2, -0.15) is 5.10 Å². The van der Waals surface area contributed by atoms with E-state index in [9.17, 15) is 10.1 Å². The Labute approximate surface area is 141 Å². The van der Waals surface area contributed by atoms with Crippen molar-refractivity contribution in [2.45, 2.75) is 27.7 Å². The molecule has 0 aliphatic carbocycles. The van der Waals surface area contributed by atoms with E-state index in [0.717, 1.165) is 22.0 Å². The van der Waals surface area contributed by atoms with Crippen LogP contribution in [0.25, 0.3) is 5.82 Å². The van der Waals surface area contributed by atoms with Gasteiger partial charge in [0, 0.05) is 10.6 Å². The maximum absolute atomic E-state index is 11.6. The maximum atomic E-state index is 11.6. The third kappa shape index (κ3) is 2.83. The Hall–Kier alpha value is -2.88. The zero-order valence-electron chi connectivity index (χ0n) is 13.6. The predicted octanol–water partition coefficient (Wildman–Crippen LogP) is 3.00. The molecule has 1 N–H and O–H groups in total. The molecular weight excluding hydrogens is 330 g/mol. The highest BCUT2D eigenvalue weighted by molar-refractivity contribution is 7.15. The minimum atomic E-state index is -0.512. The number of nitrogens with zero attached hydrogens (tertiary/aromatic N) is 6. The summed E-state index contributed by atoms with van der Waals surface area (Å²) in [4.78, 5) is 24.6. The highest BCUT2D eigenvalue weighted by Crippen LogP contribution is 2.32. The molecule has 24 heavy (non-hydrogen) atoms. The van der Waals surface area contributed by atoms with Gasteiger partial charge in [-0.25, -0.2) is 19.6 Å². The van der Waals surface area contributed by atoms with E-state index in [0.29, 0.717) is 5.13 Å². The van der Waals surface area contributed by atoms with Crippen LogP contribution in [0.3, 0.4) is 0 Å². The van der Waals surface area contributed by atoms with Crippen LogP contribution in [0.5, 0.6) is 0 Å². The van der Waals surface area contributed by atoms with Crippen LogP contribution < -0.4 is 5.32 Å². The van der Waals surface area contributed by atoms with Crippen molar-refractivity contribution >= 4 is 28.0 Å². The molecule has 3 aromatic rings. The summed E-state index contributed by atoms with van der Waals surface area (Å²) in [6, 6.07) is 1.83. The number of rotatable bonds is 4. The van der Waals surface area contributed by atoms with Crippen LogP contribution in [0.4, 0.5) is 16.6 Å². The molecule has 0 aromatic carbocycles. The van der Waals surface area contributed by atoms with Gasteiger partial charge in [-0.15, -0.1) is 11.3 Å². The van der Waals surface area contributed by atoms with Crippen molar-refractivity contribution in [2.24, 2.45) is 0 Å². The molecular formula is C14H15N7O2S. The van der Waals surface area contributed by atoms with Crippen molar-refractivity contribution < 1.29 is 4.92 Å². The van der Waals surface area contributed by atoms with Crippen LogP contribution in [0.1, 0.15) is 22.0 Å². The van der Waals surface area contributed by atoms with E-state index in [2.05, 4.69) is 25.4 Å². The summed E-state index contributed by atoms with van der Waals surface area (Å²) >= 11 is 1.41. The molecule has 0 amide bonds. The summed E-state index contributed by atoms with van der Waals surface area (Å²) in [5.41, 5.74) is 2.13. The Morgan fingerprint density at radius 1 is 1.25 bits per heavy atom. The number of hydrogen-bond donors (Lipinski definition) is 1. The Morgan fingerprint density at radius 3 is 2.54 bits per heavy atom. The quantitative estimate of drug-likeness (QED) is 0.571. The van der Waals surface area contributed by atoms with Crippen molar-refractivity contribution in [2.75, 3.05) is 5.32 Å². The van der Waals surface area contributed by atoms with E-state index in [4.69, 9.17) is 0 Å². The lowest BCUT2D eigenvalue weighted by atomic mass is 10.4. The average Bonchev–Trinajstić information content (AvgIpc) is 3.00. The molecule has 0 spiro atoms. The molecule has 0 unspecified atom stereocenters. The van der Waals surface area contributed by atoms with Gasteiger partial charge in [0.05, 0.1) is 16.3 Å². The lowest BCUT2D eigenvalue weighted by molar-refractivity contribution is -0.384. The van der Waals surface area contributed by atoms with Crippen LogP contribution in [-0.2, 0) is 0 Å². The van der Waals surface area contributed by atoms with Gasteiger partial charge in [-0.05, 0) is 33.8 Å². The number of hydrogen-bond acceptors (Lipinski definition) is 8. The molecule has 0 bridgehead atoms. The van der Waals surface area contributed by atoms with E-state index in [-0.39, 0.29) is 17.3 Å². The smallest absolute Gasteiger partial charge is 0.310 e. The highest BCUT2D eigenvalue weighted by Gasteiger charge is 2.26. The lowest BCUT2D eigenvalue weighted by Gasteiger charge is -2.07. The second-order valence-corrected chi connectivity index (χ2v) is 6.48. The zero-order chi connectivity index (χ0) is 17.4. The largest absolute Gasteiger partial charge is 0.356 e. The molecule has 0 saturated heterocycles. The van der Waals surface area contributed by atoms with Gasteiger partial charge in [0.15, 0.2) is 5.13 Å². The first-order valence-corrected chi connectivity index (χ1v) is 7.92. The van der Waals surface area contributed by atoms with Crippen LogP contribution >= 0.6 is 11.3 Å². The summed E-state index contributed by atoms with van der Waals surface area (Å²) in [5, 5.41) is 19.4. The standard InChI is InChI=1S/C14H15N7O2S/c1-7-5-8(2)20(19-7)13-11(21(22)23)12(15-6-16-13)18-14-17-9(3)10(4)24-14/h5-6H,1-4H3,(H,15,16,17,18). The molecule has 3 heterocycles. The molecule has 0 aliphatic heterocycles. The summed E-state index contributed by atoms with van der Waals surface area (Å²) in [7, 11) is 0. The summed E-state index contributed by atoms with van der Waals surface area (Å²) in [6.07, 6.45) is 1.27. The van der Waals surface area contributed by atoms with Gasteiger partial charge < -0.3 is 5.32 Å². The molecule has 0 saturated carbocycles. The summed E-state index contributed by atoms with van der Waals surface area (Å²) < 4.78 is 1.44. The lowest BCUT2D eigenvalue weighted by Crippen LogP contribution is -2.09. The van der Waals surface area contributed by atoms with Gasteiger partial charge in [0.25, 0.3) is 0 Å². The van der Waals surface area contributed by atoms with Crippen molar-refractivity contribution in [3.63, 3.8) is 0 Å². The molecule has 0 atom stereocenters. The maximum Gasteiger partial charge on any atom is 0.356 e. The van der Waals surface area contributed by atoms with E-state index in [1.807, 2.05) is 33.8 Å².